The number of methoxy groups -OCH3 is 3. The summed E-state index contributed by atoms with van der Waals surface area (Å²) in [4.78, 5) is 17.0. The van der Waals surface area contributed by atoms with E-state index in [2.05, 4.69) is 10.2 Å². The number of likely N-dealkylation sites (tertiary alicyclic amines) is 1. The molecule has 8 nitrogen and oxygen atoms in total. The smallest absolute Gasteiger partial charge is 0.326 e. The topological polar surface area (TPSA) is 72.5 Å². The highest BCUT2D eigenvalue weighted by Gasteiger charge is 2.23. The SMILES string of the molecule is COc1ccc(N(CC(OC)OC)C(=O)Nc2cccc(F)c2)cc1OCCN1CCCCC1. The van der Waals surface area contributed by atoms with Crippen LogP contribution in [0.25, 0.3) is 0 Å². The Balaban J connectivity index is 1.78. The molecule has 9 heteroatoms. The van der Waals surface area contributed by atoms with Crippen molar-refractivity contribution < 1.29 is 28.1 Å². The van der Waals surface area contributed by atoms with E-state index in [9.17, 15) is 9.18 Å². The van der Waals surface area contributed by atoms with Crippen molar-refractivity contribution in [3.63, 3.8) is 0 Å². The number of hydrogen-bond donors (Lipinski definition) is 1. The molecule has 1 aliphatic rings. The Morgan fingerprint density at radius 2 is 1.82 bits per heavy atom. The van der Waals surface area contributed by atoms with Gasteiger partial charge in [0.05, 0.1) is 13.7 Å². The van der Waals surface area contributed by atoms with Crippen LogP contribution in [-0.4, -0.2) is 71.3 Å². The fourth-order valence-electron chi connectivity index (χ4n) is 3.87. The van der Waals surface area contributed by atoms with E-state index in [1.165, 1.54) is 56.6 Å². The molecule has 2 aromatic carbocycles. The molecule has 1 aliphatic heterocycles. The molecule has 1 fully saturated rings. The molecule has 0 bridgehead atoms. The van der Waals surface area contributed by atoms with Gasteiger partial charge in [-0.25, -0.2) is 9.18 Å². The summed E-state index contributed by atoms with van der Waals surface area (Å²) in [5, 5.41) is 2.73. The number of ether oxygens (including phenoxy) is 4. The van der Waals surface area contributed by atoms with E-state index >= 15 is 0 Å². The lowest BCUT2D eigenvalue weighted by Crippen LogP contribution is -2.41. The van der Waals surface area contributed by atoms with E-state index in [4.69, 9.17) is 18.9 Å². The van der Waals surface area contributed by atoms with Gasteiger partial charge in [0, 0.05) is 38.2 Å². The van der Waals surface area contributed by atoms with Gasteiger partial charge in [-0.2, -0.15) is 0 Å². The molecule has 0 aliphatic carbocycles. The molecule has 2 aromatic rings. The van der Waals surface area contributed by atoms with Crippen LogP contribution >= 0.6 is 0 Å². The van der Waals surface area contributed by atoms with Crippen molar-refractivity contribution >= 4 is 17.4 Å². The molecule has 1 saturated heterocycles. The normalized spacial score (nSPS) is 14.1. The van der Waals surface area contributed by atoms with Crippen molar-refractivity contribution in [1.29, 1.82) is 0 Å². The first-order valence-corrected chi connectivity index (χ1v) is 11.5. The van der Waals surface area contributed by atoms with Gasteiger partial charge in [-0.05, 0) is 56.3 Å². The van der Waals surface area contributed by atoms with Gasteiger partial charge in [0.25, 0.3) is 0 Å². The Morgan fingerprint density at radius 3 is 2.50 bits per heavy atom. The largest absolute Gasteiger partial charge is 0.493 e. The predicted octanol–water partition coefficient (Wildman–Crippen LogP) is 4.36. The highest BCUT2D eigenvalue weighted by Crippen LogP contribution is 2.32. The number of benzene rings is 2. The minimum atomic E-state index is -0.663. The average Bonchev–Trinajstić information content (AvgIpc) is 2.85. The van der Waals surface area contributed by atoms with Crippen LogP contribution < -0.4 is 19.7 Å². The van der Waals surface area contributed by atoms with Crippen LogP contribution in [0, 0.1) is 5.82 Å². The number of urea groups is 1. The third-order valence-electron chi connectivity index (χ3n) is 5.75. The van der Waals surface area contributed by atoms with Crippen LogP contribution in [-0.2, 0) is 9.47 Å². The third kappa shape index (κ3) is 7.31. The van der Waals surface area contributed by atoms with Crippen molar-refractivity contribution in [2.24, 2.45) is 0 Å². The van der Waals surface area contributed by atoms with Crippen LogP contribution in [0.3, 0.4) is 0 Å². The van der Waals surface area contributed by atoms with E-state index in [0.29, 0.717) is 29.5 Å². The molecule has 1 N–H and O–H groups in total. The maximum atomic E-state index is 13.6. The van der Waals surface area contributed by atoms with Gasteiger partial charge < -0.3 is 24.3 Å². The summed E-state index contributed by atoms with van der Waals surface area (Å²) in [6.07, 6.45) is 3.05. The number of carbonyl (C=O) groups is 1. The number of halogens is 1. The fraction of sp³-hybridized carbons (Fsp3) is 0.480. The average molecular weight is 476 g/mol. The zero-order valence-electron chi connectivity index (χ0n) is 20.1. The van der Waals surface area contributed by atoms with Crippen LogP contribution in [0.2, 0.25) is 0 Å². The molecule has 0 atom stereocenters. The lowest BCUT2D eigenvalue weighted by atomic mass is 10.1. The summed E-state index contributed by atoms with van der Waals surface area (Å²) in [6.45, 7) is 3.61. The summed E-state index contributed by atoms with van der Waals surface area (Å²) in [6, 6.07) is 10.5. The van der Waals surface area contributed by atoms with Crippen molar-refractivity contribution in [2.45, 2.75) is 25.6 Å². The predicted molar refractivity (Wildman–Crippen MR) is 129 cm³/mol. The molecule has 0 spiro atoms. The van der Waals surface area contributed by atoms with E-state index in [1.807, 2.05) is 0 Å². The number of piperidine rings is 1. The monoisotopic (exact) mass is 475 g/mol. The van der Waals surface area contributed by atoms with Crippen molar-refractivity contribution in [3.8, 4) is 11.5 Å². The Morgan fingerprint density at radius 1 is 1.06 bits per heavy atom. The zero-order chi connectivity index (χ0) is 24.3. The van der Waals surface area contributed by atoms with E-state index in [-0.39, 0.29) is 6.54 Å². The summed E-state index contributed by atoms with van der Waals surface area (Å²) in [5.41, 5.74) is 0.898. The van der Waals surface area contributed by atoms with Crippen LogP contribution in [0.15, 0.2) is 42.5 Å². The summed E-state index contributed by atoms with van der Waals surface area (Å²) < 4.78 is 35.8. The number of nitrogens with zero attached hydrogens (tertiary/aromatic N) is 2. The summed E-state index contributed by atoms with van der Waals surface area (Å²) in [5.74, 6) is 0.666. The Kier molecular flexibility index (Phi) is 9.93. The van der Waals surface area contributed by atoms with Crippen molar-refractivity contribution in [2.75, 3.05) is 64.3 Å². The molecule has 0 aromatic heterocycles. The molecule has 2 amide bonds. The van der Waals surface area contributed by atoms with Crippen molar-refractivity contribution in [1.82, 2.24) is 4.90 Å². The van der Waals surface area contributed by atoms with Crippen LogP contribution in [0.5, 0.6) is 11.5 Å². The second kappa shape index (κ2) is 13.1. The van der Waals surface area contributed by atoms with Gasteiger partial charge in [0.15, 0.2) is 17.8 Å². The Labute approximate surface area is 200 Å². The van der Waals surface area contributed by atoms with Gasteiger partial charge in [0.2, 0.25) is 0 Å². The highest BCUT2D eigenvalue weighted by molar-refractivity contribution is 6.02. The molecular weight excluding hydrogens is 441 g/mol. The molecule has 34 heavy (non-hydrogen) atoms. The standard InChI is InChI=1S/C25H34FN3O5/c1-31-22-11-10-21(17-23(22)34-15-14-28-12-5-4-6-13-28)29(18-24(32-2)33-3)25(30)27-20-9-7-8-19(26)16-20/h7-11,16-17,24H,4-6,12-15,18H2,1-3H3,(H,27,30). The molecule has 0 radical (unpaired) electrons. The molecule has 186 valence electrons. The van der Waals surface area contributed by atoms with E-state index in [1.54, 1.807) is 31.4 Å². The number of rotatable bonds is 11. The highest BCUT2D eigenvalue weighted by atomic mass is 19.1. The summed E-state index contributed by atoms with van der Waals surface area (Å²) in [7, 11) is 4.58. The number of anilines is 2. The minimum absolute atomic E-state index is 0.105. The van der Waals surface area contributed by atoms with Crippen LogP contribution in [0.1, 0.15) is 19.3 Å². The Hall–Kier alpha value is -2.88. The van der Waals surface area contributed by atoms with Gasteiger partial charge >= 0.3 is 6.03 Å². The maximum Gasteiger partial charge on any atom is 0.326 e. The third-order valence-corrected chi connectivity index (χ3v) is 5.75. The van der Waals surface area contributed by atoms with Crippen LogP contribution in [0.4, 0.5) is 20.6 Å². The zero-order valence-corrected chi connectivity index (χ0v) is 20.1. The number of amides is 2. The van der Waals surface area contributed by atoms with Gasteiger partial charge in [0.1, 0.15) is 12.4 Å². The summed E-state index contributed by atoms with van der Waals surface area (Å²) >= 11 is 0. The first-order chi connectivity index (χ1) is 16.5. The molecule has 0 unspecified atom stereocenters. The Bertz CT molecular complexity index is 919. The quantitative estimate of drug-likeness (QED) is 0.487. The number of carbonyl (C=O) groups excluding carboxylic acids is 1. The molecule has 1 heterocycles. The van der Waals surface area contributed by atoms with E-state index < -0.39 is 18.1 Å². The lowest BCUT2D eigenvalue weighted by molar-refractivity contribution is -0.0938. The molecule has 0 saturated carbocycles. The first-order valence-electron chi connectivity index (χ1n) is 11.5. The first kappa shape index (κ1) is 25.7. The van der Waals surface area contributed by atoms with Gasteiger partial charge in [-0.15, -0.1) is 0 Å². The van der Waals surface area contributed by atoms with Gasteiger partial charge in [-0.3, -0.25) is 9.80 Å². The number of hydrogen-bond acceptors (Lipinski definition) is 6. The second-order valence-corrected chi connectivity index (χ2v) is 8.04. The minimum Gasteiger partial charge on any atom is -0.493 e. The number of nitrogens with one attached hydrogen (secondary N) is 1. The van der Waals surface area contributed by atoms with E-state index in [0.717, 1.165) is 19.6 Å². The maximum absolute atomic E-state index is 13.6. The lowest BCUT2D eigenvalue weighted by Gasteiger charge is -2.28. The fourth-order valence-corrected chi connectivity index (χ4v) is 3.87. The van der Waals surface area contributed by atoms with Crippen molar-refractivity contribution in [3.05, 3.63) is 48.3 Å². The molecular formula is C25H34FN3O5. The second-order valence-electron chi connectivity index (χ2n) is 8.04. The van der Waals surface area contributed by atoms with Gasteiger partial charge in [-0.1, -0.05) is 12.5 Å². The molecule has 3 rings (SSSR count).